The van der Waals surface area contributed by atoms with Crippen LogP contribution < -0.4 is 19.2 Å². The number of para-hydroxylation sites is 6. The third-order valence-electron chi connectivity index (χ3n) is 18.3. The first-order valence-corrected chi connectivity index (χ1v) is 29.5. The second-order valence-corrected chi connectivity index (χ2v) is 22.8. The minimum Gasteiger partial charge on any atom is -0.367 e. The van der Waals surface area contributed by atoms with Gasteiger partial charge in [0.25, 0.3) is 0 Å². The van der Waals surface area contributed by atoms with Gasteiger partial charge in [-0.05, 0) is 191 Å². The van der Waals surface area contributed by atoms with Crippen LogP contribution in [0.1, 0.15) is 5.56 Å². The summed E-state index contributed by atoms with van der Waals surface area (Å²) in [6.07, 6.45) is 11.0. The summed E-state index contributed by atoms with van der Waals surface area (Å²) < 4.78 is 2.38. The Balaban J connectivity index is 0.699. The van der Waals surface area contributed by atoms with Crippen LogP contribution in [0.2, 0.25) is 0 Å². The average molecular weight is 1080 g/mol. The number of hydrogen-bond acceptors (Lipinski definition) is 4. The Morgan fingerprint density at radius 1 is 0.271 bits per heavy atom. The molecule has 0 radical (unpaired) electrons. The first-order chi connectivity index (χ1) is 42.2. The third kappa shape index (κ3) is 7.33. The van der Waals surface area contributed by atoms with Crippen molar-refractivity contribution in [1.29, 1.82) is 0 Å². The number of benzene rings is 13. The third-order valence-corrected chi connectivity index (χ3v) is 18.3. The van der Waals surface area contributed by atoms with E-state index in [1.54, 1.807) is 0 Å². The maximum atomic E-state index is 2.51. The molecule has 0 bridgehead atoms. The Morgan fingerprint density at radius 3 is 1.41 bits per heavy atom. The fourth-order valence-electron chi connectivity index (χ4n) is 14.5. The zero-order chi connectivity index (χ0) is 55.7. The monoisotopic (exact) mass is 1080 g/mol. The van der Waals surface area contributed by atoms with Gasteiger partial charge < -0.3 is 23.8 Å². The lowest BCUT2D eigenvalue weighted by molar-refractivity contribution is 1.18. The average Bonchev–Trinajstić information content (AvgIpc) is 2.89. The van der Waals surface area contributed by atoms with Crippen LogP contribution in [0.4, 0.5) is 34.1 Å². The number of fused-ring (bicyclic) bond motifs is 13. The van der Waals surface area contributed by atoms with Crippen molar-refractivity contribution >= 4 is 119 Å². The maximum Gasteiger partial charge on any atom is 0.413 e. The summed E-state index contributed by atoms with van der Waals surface area (Å²) >= 11 is 0. The van der Waals surface area contributed by atoms with Crippen LogP contribution in [0.5, 0.6) is 0 Å². The molecule has 394 valence electrons. The molecule has 0 saturated carbocycles. The number of hydrogen-bond donors (Lipinski definition) is 0. The van der Waals surface area contributed by atoms with E-state index in [0.717, 1.165) is 17.1 Å². The molecule has 0 saturated heterocycles. The number of aromatic nitrogens is 1. The molecule has 0 N–H and O–H groups in total. The van der Waals surface area contributed by atoms with E-state index in [2.05, 4.69) is 333 Å². The molecule has 0 aliphatic carbocycles. The Morgan fingerprint density at radius 2 is 0.729 bits per heavy atom. The van der Waals surface area contributed by atoms with Gasteiger partial charge in [-0.15, -0.1) is 0 Å². The molecule has 5 nitrogen and oxygen atoms in total. The van der Waals surface area contributed by atoms with E-state index in [1.807, 2.05) is 0 Å². The summed E-state index contributed by atoms with van der Waals surface area (Å²) in [5, 5.41) is 12.3. The Kier molecular flexibility index (Phi) is 10.5. The van der Waals surface area contributed by atoms with Gasteiger partial charge in [0.1, 0.15) is 0 Å². The van der Waals surface area contributed by atoms with Crippen LogP contribution in [-0.4, -0.2) is 18.5 Å². The minimum atomic E-state index is -0.0430. The van der Waals surface area contributed by atoms with Crippen molar-refractivity contribution in [3.05, 3.63) is 315 Å². The van der Waals surface area contributed by atoms with Crippen molar-refractivity contribution in [2.75, 3.05) is 19.2 Å². The fraction of sp³-hybridized carbons (Fsp3) is 0. The van der Waals surface area contributed by atoms with Gasteiger partial charge in [-0.1, -0.05) is 200 Å². The quantitative estimate of drug-likeness (QED) is 0.117. The SMILES string of the molecule is C1=CB2N(C=C1)c1ccccc1N2c1ccc2c(-c3ccc4ccccc4c3)c3ccccc3c(-c3ccc4cc(C5=CC=CB6N5c5ccccc5N6c5ccc(-c6ccc(-n7c8ccccc8c8ccccc87)cc6)cc5)ccc4c3)c2c1. The van der Waals surface area contributed by atoms with E-state index >= 15 is 0 Å². The molecule has 4 aliphatic rings. The summed E-state index contributed by atoms with van der Waals surface area (Å²) in [5.74, 6) is 4.62. The molecule has 0 fully saturated rings. The smallest absolute Gasteiger partial charge is 0.367 e. The van der Waals surface area contributed by atoms with Gasteiger partial charge in [-0.3, -0.25) is 0 Å². The lowest BCUT2D eigenvalue weighted by Gasteiger charge is -2.31. The second kappa shape index (κ2) is 18.8. The summed E-state index contributed by atoms with van der Waals surface area (Å²) in [4.78, 5) is 9.86. The predicted molar refractivity (Wildman–Crippen MR) is 363 cm³/mol. The number of rotatable bonds is 7. The van der Waals surface area contributed by atoms with E-state index in [9.17, 15) is 0 Å². The maximum absolute atomic E-state index is 2.51. The normalized spacial score (nSPS) is 14.1. The fourth-order valence-corrected chi connectivity index (χ4v) is 14.5. The van der Waals surface area contributed by atoms with Gasteiger partial charge in [0.15, 0.2) is 0 Å². The lowest BCUT2D eigenvalue weighted by Crippen LogP contribution is -2.44. The molecule has 0 amide bonds. The van der Waals surface area contributed by atoms with Crippen LogP contribution in [0.15, 0.2) is 309 Å². The molecule has 0 unspecified atom stereocenters. The van der Waals surface area contributed by atoms with E-state index in [0.29, 0.717) is 0 Å². The zero-order valence-electron chi connectivity index (χ0n) is 46.3. The van der Waals surface area contributed by atoms with E-state index in [1.165, 1.54) is 132 Å². The van der Waals surface area contributed by atoms with Crippen molar-refractivity contribution in [2.24, 2.45) is 0 Å². The summed E-state index contributed by atoms with van der Waals surface area (Å²) in [5.41, 5.74) is 20.3. The van der Waals surface area contributed by atoms with Gasteiger partial charge in [0.2, 0.25) is 0 Å². The van der Waals surface area contributed by atoms with Crippen molar-refractivity contribution in [1.82, 2.24) is 4.57 Å². The number of nitrogens with zero attached hydrogens (tertiary/aromatic N) is 5. The van der Waals surface area contributed by atoms with Gasteiger partial charge in [-0.25, -0.2) is 0 Å². The van der Waals surface area contributed by atoms with E-state index in [-0.39, 0.29) is 14.0 Å². The molecule has 13 aromatic carbocycles. The van der Waals surface area contributed by atoms with Gasteiger partial charge in [0.05, 0.1) is 33.8 Å². The molecule has 0 atom stereocenters. The topological polar surface area (TPSA) is 17.9 Å². The van der Waals surface area contributed by atoms with Crippen LogP contribution in [-0.2, 0) is 0 Å². The first kappa shape index (κ1) is 47.6. The van der Waals surface area contributed by atoms with Crippen molar-refractivity contribution < 1.29 is 0 Å². The molecule has 18 rings (SSSR count). The van der Waals surface area contributed by atoms with Gasteiger partial charge >= 0.3 is 14.0 Å². The van der Waals surface area contributed by atoms with Crippen LogP contribution in [0, 0.1) is 0 Å². The van der Waals surface area contributed by atoms with Crippen LogP contribution >= 0.6 is 0 Å². The highest BCUT2D eigenvalue weighted by Crippen LogP contribution is 2.51. The molecular weight excluding hydrogens is 1030 g/mol. The standard InChI is InChI=1S/C78H51B2N5/c1-2-17-55-49-59(33-29-52(55)16-1)77-66-20-3-4-21-67(66)78(69-51-63(43-44-68(69)77)84-74-25-10-9-24-73(74)81-47-14-13-45-79(81)84)60-34-31-56-48-58(32-30-57(56)50-60)70-28-15-46-80-83(75-26-11-12-27-76(75)85(70)80)62-41-37-54(38-42-62)53-35-39-61(40-36-53)82-71-22-7-5-18-64(71)65-19-6-8-23-72(65)82/h1-51H. The number of allylic oxidation sites excluding steroid dienone is 4. The molecule has 7 heteroatoms. The Bertz CT molecular complexity index is 5190. The molecule has 14 aromatic rings. The molecule has 5 heterocycles. The predicted octanol–water partition coefficient (Wildman–Crippen LogP) is 20.1. The van der Waals surface area contributed by atoms with Crippen molar-refractivity contribution in [3.63, 3.8) is 0 Å². The molecule has 0 spiro atoms. The summed E-state index contributed by atoms with van der Waals surface area (Å²) in [6, 6.07) is 99.1. The highest BCUT2D eigenvalue weighted by atomic mass is 15.3. The summed E-state index contributed by atoms with van der Waals surface area (Å²) in [6.45, 7) is -0.0131. The second-order valence-electron chi connectivity index (χ2n) is 22.8. The first-order valence-electron chi connectivity index (χ1n) is 29.5. The van der Waals surface area contributed by atoms with Crippen LogP contribution in [0.25, 0.3) is 110 Å². The van der Waals surface area contributed by atoms with E-state index < -0.39 is 0 Å². The molecule has 85 heavy (non-hydrogen) atoms. The lowest BCUT2D eigenvalue weighted by atomic mass is 9.69. The van der Waals surface area contributed by atoms with E-state index in [4.69, 9.17) is 0 Å². The highest BCUT2D eigenvalue weighted by molar-refractivity contribution is 6.78. The Hall–Kier alpha value is -11.0. The van der Waals surface area contributed by atoms with Crippen molar-refractivity contribution in [2.45, 2.75) is 0 Å². The number of anilines is 6. The minimum absolute atomic E-state index is 0.0299. The van der Waals surface area contributed by atoms with Gasteiger partial charge in [0, 0.05) is 33.5 Å². The van der Waals surface area contributed by atoms with Gasteiger partial charge in [-0.2, -0.15) is 0 Å². The van der Waals surface area contributed by atoms with Crippen molar-refractivity contribution in [3.8, 4) is 39.1 Å². The molecular formula is C78H51B2N5. The molecule has 1 aromatic heterocycles. The summed E-state index contributed by atoms with van der Waals surface area (Å²) in [7, 11) is 0. The molecule has 4 aliphatic heterocycles. The Labute approximate surface area is 493 Å². The highest BCUT2D eigenvalue weighted by Gasteiger charge is 2.43. The zero-order valence-corrected chi connectivity index (χ0v) is 46.3. The largest absolute Gasteiger partial charge is 0.413 e. The van der Waals surface area contributed by atoms with Crippen LogP contribution in [0.3, 0.4) is 0 Å².